The number of thiazole rings is 1. The number of thiophene rings is 1. The van der Waals surface area contributed by atoms with E-state index in [0.717, 1.165) is 28.9 Å². The Balaban J connectivity index is 1.35. The maximum Gasteiger partial charge on any atom is 0.271 e. The number of hydrogen-bond acceptors (Lipinski definition) is 6. The average Bonchev–Trinajstić information content (AvgIpc) is 3.62. The fraction of sp³-hybridized carbons (Fsp3) is 0.0938. The van der Waals surface area contributed by atoms with E-state index in [1.165, 1.54) is 22.7 Å². The van der Waals surface area contributed by atoms with Gasteiger partial charge in [-0.25, -0.2) is 4.99 Å². The van der Waals surface area contributed by atoms with Gasteiger partial charge in [-0.3, -0.25) is 14.2 Å². The van der Waals surface area contributed by atoms with Gasteiger partial charge in [0.05, 0.1) is 22.9 Å². The van der Waals surface area contributed by atoms with E-state index in [0.29, 0.717) is 42.9 Å². The molecule has 2 aromatic heterocycles. The molecule has 0 saturated carbocycles. The Hall–Kier alpha value is -2.49. The first-order valence-corrected chi connectivity index (χ1v) is 17.8. The Kier molecular flexibility index (Phi) is 9.64. The van der Waals surface area contributed by atoms with Gasteiger partial charge in [0.1, 0.15) is 18.4 Å². The number of anilines is 1. The zero-order valence-corrected chi connectivity index (χ0v) is 30.3. The second-order valence-corrected chi connectivity index (χ2v) is 14.9. The number of halogens is 4. The van der Waals surface area contributed by atoms with Crippen molar-refractivity contribution in [2.45, 2.75) is 19.6 Å². The van der Waals surface area contributed by atoms with Gasteiger partial charge in [0, 0.05) is 26.2 Å². The molecule has 0 spiro atoms. The van der Waals surface area contributed by atoms with Gasteiger partial charge in [-0.2, -0.15) is 0 Å². The van der Waals surface area contributed by atoms with Crippen molar-refractivity contribution < 1.29 is 9.53 Å². The number of benzene rings is 3. The summed E-state index contributed by atoms with van der Waals surface area (Å²) in [6.45, 7) is 2.11. The molecule has 0 saturated heterocycles. The first-order chi connectivity index (χ1) is 21.2. The molecule has 6 nitrogen and oxygen atoms in total. The molecular formula is C32H21Cl2I2N3O3S2. The summed E-state index contributed by atoms with van der Waals surface area (Å²) in [5.74, 6) is 0.447. The molecular weight excluding hydrogens is 863 g/mol. The van der Waals surface area contributed by atoms with Crippen LogP contribution in [0.2, 0.25) is 10.0 Å². The quantitative estimate of drug-likeness (QED) is 0.169. The van der Waals surface area contributed by atoms with E-state index in [1.54, 1.807) is 16.7 Å². The van der Waals surface area contributed by atoms with Crippen LogP contribution in [0.3, 0.4) is 0 Å². The third kappa shape index (κ3) is 6.56. The van der Waals surface area contributed by atoms with E-state index in [-0.39, 0.29) is 11.5 Å². The van der Waals surface area contributed by atoms with E-state index in [4.69, 9.17) is 32.9 Å². The van der Waals surface area contributed by atoms with Crippen molar-refractivity contribution in [3.05, 3.63) is 142 Å². The number of para-hydroxylation sites is 1. The summed E-state index contributed by atoms with van der Waals surface area (Å²) in [7, 11) is 0. The maximum absolute atomic E-state index is 14.0. The van der Waals surface area contributed by atoms with Crippen molar-refractivity contribution >= 4 is 109 Å². The molecule has 0 bridgehead atoms. The van der Waals surface area contributed by atoms with E-state index in [2.05, 4.69) is 50.5 Å². The van der Waals surface area contributed by atoms with Gasteiger partial charge in [-0.1, -0.05) is 64.9 Å². The minimum absolute atomic E-state index is 0.201. The number of aromatic nitrogens is 1. The first kappa shape index (κ1) is 31.5. The van der Waals surface area contributed by atoms with Crippen LogP contribution in [-0.2, 0) is 11.4 Å². The predicted octanol–water partition coefficient (Wildman–Crippen LogP) is 8.03. The van der Waals surface area contributed by atoms with E-state index in [1.807, 2.05) is 79.0 Å². The molecule has 1 aliphatic rings. The van der Waals surface area contributed by atoms with Crippen LogP contribution in [0.5, 0.6) is 5.75 Å². The molecule has 1 aliphatic heterocycles. The number of carbonyl (C=O) groups is 1. The normalized spacial score (nSPS) is 14.8. The van der Waals surface area contributed by atoms with Crippen LogP contribution in [0.15, 0.2) is 99.2 Å². The summed E-state index contributed by atoms with van der Waals surface area (Å²) in [6.07, 6.45) is 1.86. The maximum atomic E-state index is 14.0. The summed E-state index contributed by atoms with van der Waals surface area (Å²) in [4.78, 5) is 33.8. The molecule has 0 radical (unpaired) electrons. The highest BCUT2D eigenvalue weighted by molar-refractivity contribution is 14.1. The van der Waals surface area contributed by atoms with Crippen molar-refractivity contribution in [1.82, 2.24) is 4.57 Å². The van der Waals surface area contributed by atoms with E-state index < -0.39 is 6.04 Å². The van der Waals surface area contributed by atoms with E-state index in [9.17, 15) is 9.59 Å². The van der Waals surface area contributed by atoms with Crippen molar-refractivity contribution in [3.8, 4) is 5.75 Å². The predicted molar refractivity (Wildman–Crippen MR) is 196 cm³/mol. The summed E-state index contributed by atoms with van der Waals surface area (Å²) in [6, 6.07) is 21.8. The highest BCUT2D eigenvalue weighted by atomic mass is 127. The Bertz CT molecular complexity index is 2090. The van der Waals surface area contributed by atoms with Gasteiger partial charge in [0.15, 0.2) is 4.80 Å². The lowest BCUT2D eigenvalue weighted by molar-refractivity contribution is -0.113. The van der Waals surface area contributed by atoms with Gasteiger partial charge < -0.3 is 10.1 Å². The highest BCUT2D eigenvalue weighted by Crippen LogP contribution is 2.34. The summed E-state index contributed by atoms with van der Waals surface area (Å²) >= 11 is 19.6. The number of allylic oxidation sites excluding steroid dienone is 1. The van der Waals surface area contributed by atoms with Crippen molar-refractivity contribution in [2.24, 2.45) is 4.99 Å². The number of nitrogens with one attached hydrogen (secondary N) is 1. The van der Waals surface area contributed by atoms with Gasteiger partial charge >= 0.3 is 0 Å². The number of ether oxygens (including phenoxy) is 1. The lowest BCUT2D eigenvalue weighted by Crippen LogP contribution is -2.40. The Labute approximate surface area is 298 Å². The summed E-state index contributed by atoms with van der Waals surface area (Å²) < 4.78 is 10.1. The second kappa shape index (κ2) is 13.5. The number of amides is 1. The number of rotatable bonds is 7. The molecule has 1 N–H and O–H groups in total. The molecule has 6 rings (SSSR count). The molecule has 1 atom stereocenters. The number of nitrogens with zero attached hydrogens (tertiary/aromatic N) is 2. The second-order valence-electron chi connectivity index (χ2n) is 9.76. The number of hydrogen-bond donors (Lipinski definition) is 1. The molecule has 0 fully saturated rings. The van der Waals surface area contributed by atoms with Gasteiger partial charge in [0.25, 0.3) is 11.5 Å². The Morgan fingerprint density at radius 3 is 2.50 bits per heavy atom. The smallest absolute Gasteiger partial charge is 0.271 e. The van der Waals surface area contributed by atoms with Crippen molar-refractivity contribution in [1.29, 1.82) is 0 Å². The molecule has 5 aromatic rings. The largest absolute Gasteiger partial charge is 0.487 e. The third-order valence-electron chi connectivity index (χ3n) is 6.82. The molecule has 0 unspecified atom stereocenters. The highest BCUT2D eigenvalue weighted by Gasteiger charge is 2.33. The molecule has 3 heterocycles. The van der Waals surface area contributed by atoms with Crippen LogP contribution in [0, 0.1) is 7.14 Å². The lowest BCUT2D eigenvalue weighted by Gasteiger charge is -2.24. The Morgan fingerprint density at radius 2 is 1.82 bits per heavy atom. The van der Waals surface area contributed by atoms with Gasteiger partial charge in [-0.05, 0) is 112 Å². The van der Waals surface area contributed by atoms with Crippen LogP contribution in [0.1, 0.15) is 29.0 Å². The van der Waals surface area contributed by atoms with Crippen LogP contribution in [-0.4, -0.2) is 10.5 Å². The van der Waals surface area contributed by atoms with Gasteiger partial charge in [-0.15, -0.1) is 11.3 Å². The summed E-state index contributed by atoms with van der Waals surface area (Å²) in [5.41, 5.74) is 3.18. The minimum Gasteiger partial charge on any atom is -0.487 e. The third-order valence-corrected chi connectivity index (χ3v) is 10.9. The van der Waals surface area contributed by atoms with Crippen molar-refractivity contribution in [2.75, 3.05) is 5.32 Å². The molecule has 3 aromatic carbocycles. The fourth-order valence-corrected chi connectivity index (χ4v) is 9.25. The average molecular weight is 884 g/mol. The first-order valence-electron chi connectivity index (χ1n) is 13.2. The van der Waals surface area contributed by atoms with Crippen LogP contribution in [0.25, 0.3) is 6.08 Å². The fourth-order valence-electron chi connectivity index (χ4n) is 4.79. The summed E-state index contributed by atoms with van der Waals surface area (Å²) in [5, 5.41) is 6.04. The topological polar surface area (TPSA) is 72.7 Å². The standard InChI is InChI=1S/C32H21Cl2I2N3O3S2/c1-17-27(30(40)38-21-6-3-2-4-7-21)28(25-8-5-11-43-25)39-31(41)26(44-32(39)37-17)14-18-12-23(35)29(24(36)13-18)42-16-19-9-10-20(33)15-22(19)34/h2-15,28H,16H2,1H3,(H,38,40)/b26-14-/t28-/m1/s1. The monoisotopic (exact) mass is 883 g/mol. The Morgan fingerprint density at radius 1 is 1.07 bits per heavy atom. The number of carbonyl (C=O) groups excluding carboxylic acids is 1. The van der Waals surface area contributed by atoms with Crippen LogP contribution < -0.4 is 24.9 Å². The molecule has 222 valence electrons. The number of fused-ring (bicyclic) bond motifs is 1. The molecule has 44 heavy (non-hydrogen) atoms. The zero-order chi connectivity index (χ0) is 31.0. The SMILES string of the molecule is CC1=C(C(=O)Nc2ccccc2)[C@@H](c2cccs2)n2c(s/c(=C\c3cc(I)c(OCc4ccc(Cl)cc4Cl)c(I)c3)c2=O)=N1. The molecule has 0 aliphatic carbocycles. The van der Waals surface area contributed by atoms with E-state index >= 15 is 0 Å². The molecule has 1 amide bonds. The van der Waals surface area contributed by atoms with Crippen LogP contribution in [0.4, 0.5) is 5.69 Å². The zero-order valence-electron chi connectivity index (χ0n) is 22.8. The van der Waals surface area contributed by atoms with Gasteiger partial charge in [0.2, 0.25) is 0 Å². The van der Waals surface area contributed by atoms with Crippen molar-refractivity contribution in [3.63, 3.8) is 0 Å². The lowest BCUT2D eigenvalue weighted by atomic mass is 10.0. The van der Waals surface area contributed by atoms with Crippen LogP contribution >= 0.6 is 91.1 Å². The minimum atomic E-state index is -0.590. The molecule has 12 heteroatoms.